The Labute approximate surface area is 106 Å². The van der Waals surface area contributed by atoms with E-state index in [0.717, 1.165) is 6.42 Å². The van der Waals surface area contributed by atoms with Crippen LogP contribution in [-0.4, -0.2) is 41.0 Å². The molecule has 0 aliphatic carbocycles. The smallest absolute Gasteiger partial charge is 0.339 e. The number of nitrogens with one attached hydrogen (secondary N) is 1. The zero-order chi connectivity index (χ0) is 13.7. The third-order valence-electron chi connectivity index (χ3n) is 2.81. The highest BCUT2D eigenvalue weighted by Gasteiger charge is 2.18. The number of carboxylic acids is 1. The van der Waals surface area contributed by atoms with Gasteiger partial charge >= 0.3 is 5.97 Å². The quantitative estimate of drug-likeness (QED) is 0.801. The van der Waals surface area contributed by atoms with Gasteiger partial charge in [-0.2, -0.15) is 5.10 Å². The van der Waals surface area contributed by atoms with Crippen LogP contribution in [0.2, 0.25) is 0 Å². The summed E-state index contributed by atoms with van der Waals surface area (Å²) in [4.78, 5) is 11.3. The number of aromatic nitrogens is 2. The molecule has 0 bridgehead atoms. The Kier molecular flexibility index (Phi) is 5.03. The molecule has 0 saturated carbocycles. The molecule has 0 amide bonds. The summed E-state index contributed by atoms with van der Waals surface area (Å²) in [7, 11) is 1.63. The Balaban J connectivity index is 2.95. The molecule has 18 heavy (non-hydrogen) atoms. The van der Waals surface area contributed by atoms with E-state index in [1.165, 1.54) is 0 Å². The van der Waals surface area contributed by atoms with Gasteiger partial charge in [0, 0.05) is 19.8 Å². The van der Waals surface area contributed by atoms with E-state index in [-0.39, 0.29) is 11.6 Å². The summed E-state index contributed by atoms with van der Waals surface area (Å²) in [5.74, 6) is -0.679. The first-order chi connectivity index (χ1) is 8.47. The third kappa shape index (κ3) is 3.40. The van der Waals surface area contributed by atoms with Crippen LogP contribution in [0.4, 0.5) is 5.82 Å². The molecule has 0 saturated heterocycles. The maximum absolute atomic E-state index is 11.3. The molecule has 1 unspecified atom stereocenters. The molecule has 1 aromatic rings. The second-order valence-electron chi connectivity index (χ2n) is 4.27. The standard InChI is InChI=1S/C12H19N3O3/c1-7(5-6-18-4)13-11-10(12(16)17)8(2)9(3)14-15-11/h7H,5-6H2,1-4H3,(H,13,15)(H,16,17). The molecule has 0 aliphatic rings. The van der Waals surface area contributed by atoms with Crippen LogP contribution in [0.5, 0.6) is 0 Å². The second kappa shape index (κ2) is 6.30. The molecule has 1 rings (SSSR count). The van der Waals surface area contributed by atoms with Gasteiger partial charge in [0.2, 0.25) is 0 Å². The minimum absolute atomic E-state index is 0.0689. The lowest BCUT2D eigenvalue weighted by atomic mass is 10.1. The van der Waals surface area contributed by atoms with E-state index in [1.54, 1.807) is 21.0 Å². The number of rotatable bonds is 6. The van der Waals surface area contributed by atoms with Crippen molar-refractivity contribution in [1.29, 1.82) is 0 Å². The lowest BCUT2D eigenvalue weighted by Gasteiger charge is -2.16. The van der Waals surface area contributed by atoms with E-state index in [4.69, 9.17) is 4.74 Å². The van der Waals surface area contributed by atoms with E-state index in [2.05, 4.69) is 15.5 Å². The van der Waals surface area contributed by atoms with Gasteiger partial charge in [0.05, 0.1) is 5.69 Å². The average Bonchev–Trinajstić information content (AvgIpc) is 2.31. The number of aryl methyl sites for hydroxylation is 1. The molecule has 6 heteroatoms. The van der Waals surface area contributed by atoms with Crippen molar-refractivity contribution >= 4 is 11.8 Å². The lowest BCUT2D eigenvalue weighted by molar-refractivity contribution is 0.0696. The van der Waals surface area contributed by atoms with Gasteiger partial charge in [0.1, 0.15) is 5.56 Å². The molecular weight excluding hydrogens is 234 g/mol. The van der Waals surface area contributed by atoms with Gasteiger partial charge in [0.15, 0.2) is 5.82 Å². The van der Waals surface area contributed by atoms with Crippen molar-refractivity contribution in [3.8, 4) is 0 Å². The lowest BCUT2D eigenvalue weighted by Crippen LogP contribution is -2.21. The van der Waals surface area contributed by atoms with Gasteiger partial charge < -0.3 is 15.2 Å². The Morgan fingerprint density at radius 1 is 1.44 bits per heavy atom. The van der Waals surface area contributed by atoms with Crippen molar-refractivity contribution in [2.24, 2.45) is 0 Å². The van der Waals surface area contributed by atoms with Crippen LogP contribution in [0, 0.1) is 13.8 Å². The predicted octanol–water partition coefficient (Wildman–Crippen LogP) is 1.63. The Bertz CT molecular complexity index is 435. The number of carbonyl (C=O) groups is 1. The van der Waals surface area contributed by atoms with Crippen molar-refractivity contribution < 1.29 is 14.6 Å². The van der Waals surface area contributed by atoms with Gasteiger partial charge in [-0.25, -0.2) is 4.79 Å². The zero-order valence-electron chi connectivity index (χ0n) is 11.1. The summed E-state index contributed by atoms with van der Waals surface area (Å²) in [5.41, 5.74) is 1.45. The number of hydrogen-bond acceptors (Lipinski definition) is 5. The van der Waals surface area contributed by atoms with E-state index in [0.29, 0.717) is 23.7 Å². The first-order valence-corrected chi connectivity index (χ1v) is 5.80. The highest BCUT2D eigenvalue weighted by molar-refractivity contribution is 5.94. The number of methoxy groups -OCH3 is 1. The van der Waals surface area contributed by atoms with Crippen LogP contribution >= 0.6 is 0 Å². The molecule has 0 aromatic carbocycles. The summed E-state index contributed by atoms with van der Waals surface area (Å²) in [6, 6.07) is 0.0689. The molecule has 1 aromatic heterocycles. The second-order valence-corrected chi connectivity index (χ2v) is 4.27. The molecule has 0 aliphatic heterocycles. The molecule has 0 radical (unpaired) electrons. The van der Waals surface area contributed by atoms with Crippen molar-refractivity contribution in [2.45, 2.75) is 33.2 Å². The van der Waals surface area contributed by atoms with Crippen LogP contribution in [0.15, 0.2) is 0 Å². The summed E-state index contributed by atoms with van der Waals surface area (Å²) in [5, 5.41) is 20.2. The summed E-state index contributed by atoms with van der Waals surface area (Å²) in [6.45, 7) is 6.03. The number of aromatic carboxylic acids is 1. The fourth-order valence-corrected chi connectivity index (χ4v) is 1.57. The molecule has 1 atom stereocenters. The molecule has 1 heterocycles. The Morgan fingerprint density at radius 3 is 2.67 bits per heavy atom. The molecule has 2 N–H and O–H groups in total. The van der Waals surface area contributed by atoms with Crippen molar-refractivity contribution in [1.82, 2.24) is 10.2 Å². The fraction of sp³-hybridized carbons (Fsp3) is 0.583. The number of nitrogens with zero attached hydrogens (tertiary/aromatic N) is 2. The summed E-state index contributed by atoms with van der Waals surface area (Å²) >= 11 is 0. The van der Waals surface area contributed by atoms with E-state index in [1.807, 2.05) is 6.92 Å². The van der Waals surface area contributed by atoms with Crippen LogP contribution in [-0.2, 0) is 4.74 Å². The zero-order valence-corrected chi connectivity index (χ0v) is 11.1. The largest absolute Gasteiger partial charge is 0.478 e. The fourth-order valence-electron chi connectivity index (χ4n) is 1.57. The SMILES string of the molecule is COCCC(C)Nc1nnc(C)c(C)c1C(=O)O. The minimum atomic E-state index is -0.994. The monoisotopic (exact) mass is 253 g/mol. The van der Waals surface area contributed by atoms with Crippen molar-refractivity contribution in [3.63, 3.8) is 0 Å². The van der Waals surface area contributed by atoms with Gasteiger partial charge in [-0.15, -0.1) is 5.10 Å². The highest BCUT2D eigenvalue weighted by Crippen LogP contribution is 2.19. The van der Waals surface area contributed by atoms with Crippen molar-refractivity contribution in [3.05, 3.63) is 16.8 Å². The molecular formula is C12H19N3O3. The number of hydrogen-bond donors (Lipinski definition) is 2. The van der Waals surface area contributed by atoms with E-state index in [9.17, 15) is 9.90 Å². The molecule has 0 spiro atoms. The topological polar surface area (TPSA) is 84.3 Å². The number of carboxylic acid groups (broad SMARTS) is 1. The highest BCUT2D eigenvalue weighted by atomic mass is 16.5. The predicted molar refractivity (Wildman–Crippen MR) is 68.0 cm³/mol. The van der Waals surface area contributed by atoms with Gasteiger partial charge in [-0.1, -0.05) is 0 Å². The number of ether oxygens (including phenoxy) is 1. The average molecular weight is 253 g/mol. The maximum atomic E-state index is 11.3. The molecule has 100 valence electrons. The van der Waals surface area contributed by atoms with E-state index < -0.39 is 5.97 Å². The van der Waals surface area contributed by atoms with Crippen LogP contribution < -0.4 is 5.32 Å². The molecule has 0 fully saturated rings. The van der Waals surface area contributed by atoms with Gasteiger partial charge in [0.25, 0.3) is 0 Å². The number of anilines is 1. The van der Waals surface area contributed by atoms with Crippen LogP contribution in [0.1, 0.15) is 35.0 Å². The maximum Gasteiger partial charge on any atom is 0.339 e. The van der Waals surface area contributed by atoms with Crippen LogP contribution in [0.25, 0.3) is 0 Å². The third-order valence-corrected chi connectivity index (χ3v) is 2.81. The van der Waals surface area contributed by atoms with Crippen LogP contribution in [0.3, 0.4) is 0 Å². The molecule has 6 nitrogen and oxygen atoms in total. The summed E-state index contributed by atoms with van der Waals surface area (Å²) in [6.07, 6.45) is 0.768. The van der Waals surface area contributed by atoms with Gasteiger partial charge in [-0.05, 0) is 32.8 Å². The van der Waals surface area contributed by atoms with Crippen molar-refractivity contribution in [2.75, 3.05) is 19.0 Å². The summed E-state index contributed by atoms with van der Waals surface area (Å²) < 4.78 is 4.98. The first kappa shape index (κ1) is 14.4. The first-order valence-electron chi connectivity index (χ1n) is 5.80. The normalized spacial score (nSPS) is 12.2. The minimum Gasteiger partial charge on any atom is -0.478 e. The Hall–Kier alpha value is -1.69. The van der Waals surface area contributed by atoms with Gasteiger partial charge in [-0.3, -0.25) is 0 Å². The Morgan fingerprint density at radius 2 is 2.11 bits per heavy atom. The van der Waals surface area contributed by atoms with E-state index >= 15 is 0 Å².